The highest BCUT2D eigenvalue weighted by molar-refractivity contribution is 5.50. The van der Waals surface area contributed by atoms with Crippen LogP contribution in [0, 0.1) is 46.3 Å². The minimum Gasteiger partial charge on any atom is -0.303 e. The number of hydrogen-bond acceptors (Lipinski definition) is 1. The topological polar surface area (TPSA) is 17.1 Å². The molecule has 24 heavy (non-hydrogen) atoms. The fourth-order valence-corrected chi connectivity index (χ4v) is 8.33. The van der Waals surface area contributed by atoms with Crippen molar-refractivity contribution >= 4 is 6.29 Å². The molecule has 0 N–H and O–H groups in total. The van der Waals surface area contributed by atoms with Crippen LogP contribution in [0.15, 0.2) is 0 Å². The van der Waals surface area contributed by atoms with E-state index in [1.54, 1.807) is 0 Å². The summed E-state index contributed by atoms with van der Waals surface area (Å²) in [6.07, 6.45) is 16.5. The van der Waals surface area contributed by atoms with Gasteiger partial charge < -0.3 is 4.79 Å². The fourth-order valence-electron chi connectivity index (χ4n) is 8.33. The Hall–Kier alpha value is -0.330. The Morgan fingerprint density at radius 2 is 1.67 bits per heavy atom. The lowest BCUT2D eigenvalue weighted by molar-refractivity contribution is -0.122. The Balaban J connectivity index is 1.56. The van der Waals surface area contributed by atoms with Crippen LogP contribution < -0.4 is 0 Å². The largest absolute Gasteiger partial charge is 0.303 e. The summed E-state index contributed by atoms with van der Waals surface area (Å²) in [6, 6.07) is 0. The summed E-state index contributed by atoms with van der Waals surface area (Å²) in [7, 11) is 0. The maximum atomic E-state index is 11.2. The number of fused-ring (bicyclic) bond motifs is 5. The standard InChI is InChI=1S/C23H38O/c1-4-16-9-12-23(3)18(15-16)5-7-19-20-8-6-17(11-14-24)22(20,2)13-10-21(19)23/h14,16-21H,4-13,15H2,1-3H3/t16-,17?,18?,19?,20?,21?,22+,23?/m0/s1. The summed E-state index contributed by atoms with van der Waals surface area (Å²) < 4.78 is 0. The molecule has 0 bridgehead atoms. The van der Waals surface area contributed by atoms with Gasteiger partial charge in [0.05, 0.1) is 0 Å². The van der Waals surface area contributed by atoms with E-state index in [0.29, 0.717) is 16.7 Å². The van der Waals surface area contributed by atoms with Gasteiger partial charge in [-0.2, -0.15) is 0 Å². The number of rotatable bonds is 3. The summed E-state index contributed by atoms with van der Waals surface area (Å²) >= 11 is 0. The van der Waals surface area contributed by atoms with Crippen LogP contribution in [0.25, 0.3) is 0 Å². The van der Waals surface area contributed by atoms with E-state index in [0.717, 1.165) is 36.0 Å². The smallest absolute Gasteiger partial charge is 0.120 e. The fraction of sp³-hybridized carbons (Fsp3) is 0.957. The van der Waals surface area contributed by atoms with Gasteiger partial charge in [-0.15, -0.1) is 0 Å². The van der Waals surface area contributed by atoms with Gasteiger partial charge in [-0.1, -0.05) is 27.2 Å². The molecule has 0 aliphatic heterocycles. The third-order valence-corrected chi connectivity index (χ3v) is 9.93. The summed E-state index contributed by atoms with van der Waals surface area (Å²) in [5, 5.41) is 0. The Morgan fingerprint density at radius 3 is 2.42 bits per heavy atom. The monoisotopic (exact) mass is 330 g/mol. The first-order chi connectivity index (χ1) is 11.5. The SMILES string of the molecule is CC[C@H]1CCC2(C)C(CCC3C2CC[C@]2(C)C(CC=O)CCC32)C1. The molecule has 6 unspecified atom stereocenters. The zero-order valence-electron chi connectivity index (χ0n) is 16.2. The molecule has 0 radical (unpaired) electrons. The molecule has 4 rings (SSSR count). The highest BCUT2D eigenvalue weighted by atomic mass is 16.1. The van der Waals surface area contributed by atoms with Crippen molar-refractivity contribution in [2.45, 2.75) is 91.4 Å². The van der Waals surface area contributed by atoms with Crippen LogP contribution in [-0.2, 0) is 4.79 Å². The predicted molar refractivity (Wildman–Crippen MR) is 99.7 cm³/mol. The number of aldehydes is 1. The highest BCUT2D eigenvalue weighted by Crippen LogP contribution is 2.68. The minimum absolute atomic E-state index is 0.478. The van der Waals surface area contributed by atoms with Gasteiger partial charge in [0.15, 0.2) is 0 Å². The molecule has 0 saturated heterocycles. The maximum absolute atomic E-state index is 11.2. The van der Waals surface area contributed by atoms with Gasteiger partial charge in [0.1, 0.15) is 6.29 Å². The third kappa shape index (κ3) is 2.36. The average molecular weight is 331 g/mol. The second kappa shape index (κ2) is 6.13. The molecule has 1 heteroatoms. The van der Waals surface area contributed by atoms with E-state index in [1.165, 1.54) is 70.5 Å². The molecule has 0 aromatic carbocycles. The Morgan fingerprint density at radius 1 is 0.917 bits per heavy atom. The zero-order chi connectivity index (χ0) is 16.9. The molecule has 4 fully saturated rings. The first-order valence-corrected chi connectivity index (χ1v) is 11.0. The quantitative estimate of drug-likeness (QED) is 0.558. The van der Waals surface area contributed by atoms with Gasteiger partial charge in [0.25, 0.3) is 0 Å². The number of hydrogen-bond donors (Lipinski definition) is 0. The van der Waals surface area contributed by atoms with Crippen molar-refractivity contribution in [3.63, 3.8) is 0 Å². The van der Waals surface area contributed by atoms with Crippen molar-refractivity contribution in [3.05, 3.63) is 0 Å². The van der Waals surface area contributed by atoms with Gasteiger partial charge in [0, 0.05) is 6.42 Å². The van der Waals surface area contributed by atoms with Crippen LogP contribution >= 0.6 is 0 Å². The number of carbonyl (C=O) groups is 1. The van der Waals surface area contributed by atoms with E-state index in [1.807, 2.05) is 0 Å². The Kier molecular flexibility index (Phi) is 4.37. The summed E-state index contributed by atoms with van der Waals surface area (Å²) in [5.74, 6) is 5.58. The van der Waals surface area contributed by atoms with Crippen molar-refractivity contribution < 1.29 is 4.79 Å². The first-order valence-electron chi connectivity index (χ1n) is 11.0. The van der Waals surface area contributed by atoms with Crippen LogP contribution in [0.1, 0.15) is 91.4 Å². The molecule has 4 aliphatic rings. The maximum Gasteiger partial charge on any atom is 0.120 e. The molecule has 4 aliphatic carbocycles. The molecule has 4 saturated carbocycles. The van der Waals surface area contributed by atoms with Gasteiger partial charge in [-0.3, -0.25) is 0 Å². The average Bonchev–Trinajstić information content (AvgIpc) is 2.91. The molecule has 0 heterocycles. The summed E-state index contributed by atoms with van der Waals surface area (Å²) in [5.41, 5.74) is 1.12. The molecule has 0 aromatic heterocycles. The van der Waals surface area contributed by atoms with Crippen molar-refractivity contribution in [1.29, 1.82) is 0 Å². The van der Waals surface area contributed by atoms with Crippen molar-refractivity contribution in [3.8, 4) is 0 Å². The lowest BCUT2D eigenvalue weighted by Crippen LogP contribution is -2.53. The molecule has 8 atom stereocenters. The van der Waals surface area contributed by atoms with Crippen LogP contribution in [0.3, 0.4) is 0 Å². The van der Waals surface area contributed by atoms with E-state index in [9.17, 15) is 4.79 Å². The van der Waals surface area contributed by atoms with Gasteiger partial charge in [-0.25, -0.2) is 0 Å². The van der Waals surface area contributed by atoms with E-state index in [-0.39, 0.29) is 0 Å². The zero-order valence-corrected chi connectivity index (χ0v) is 16.2. The molecular weight excluding hydrogens is 292 g/mol. The Bertz CT molecular complexity index is 484. The molecular formula is C23H38O. The molecule has 0 spiro atoms. The Labute approximate surface area is 149 Å². The van der Waals surface area contributed by atoms with Crippen LogP contribution in [0.4, 0.5) is 0 Å². The normalized spacial score (nSPS) is 53.8. The number of carbonyl (C=O) groups excluding carboxylic acids is 1. The van der Waals surface area contributed by atoms with E-state index >= 15 is 0 Å². The third-order valence-electron chi connectivity index (χ3n) is 9.93. The molecule has 1 nitrogen and oxygen atoms in total. The predicted octanol–water partition coefficient (Wildman–Crippen LogP) is 6.26. The minimum atomic E-state index is 0.478. The lowest BCUT2D eigenvalue weighted by atomic mass is 9.44. The van der Waals surface area contributed by atoms with E-state index in [4.69, 9.17) is 0 Å². The first kappa shape index (κ1) is 17.1. The second-order valence-corrected chi connectivity index (χ2v) is 10.4. The van der Waals surface area contributed by atoms with Gasteiger partial charge in [0.2, 0.25) is 0 Å². The van der Waals surface area contributed by atoms with E-state index < -0.39 is 0 Å². The summed E-state index contributed by atoms with van der Waals surface area (Å²) in [4.78, 5) is 11.2. The van der Waals surface area contributed by atoms with Crippen molar-refractivity contribution in [1.82, 2.24) is 0 Å². The summed E-state index contributed by atoms with van der Waals surface area (Å²) in [6.45, 7) is 7.63. The van der Waals surface area contributed by atoms with Gasteiger partial charge >= 0.3 is 0 Å². The lowest BCUT2D eigenvalue weighted by Gasteiger charge is -2.61. The van der Waals surface area contributed by atoms with Crippen molar-refractivity contribution in [2.24, 2.45) is 46.3 Å². The highest BCUT2D eigenvalue weighted by Gasteiger charge is 2.59. The van der Waals surface area contributed by atoms with Crippen LogP contribution in [0.2, 0.25) is 0 Å². The van der Waals surface area contributed by atoms with Crippen molar-refractivity contribution in [2.75, 3.05) is 0 Å². The molecule has 136 valence electrons. The van der Waals surface area contributed by atoms with Crippen LogP contribution in [0.5, 0.6) is 0 Å². The van der Waals surface area contributed by atoms with Crippen LogP contribution in [-0.4, -0.2) is 6.29 Å². The molecule has 0 aromatic rings. The second-order valence-electron chi connectivity index (χ2n) is 10.4. The molecule has 0 amide bonds. The van der Waals surface area contributed by atoms with E-state index in [2.05, 4.69) is 20.8 Å². The van der Waals surface area contributed by atoms with Gasteiger partial charge in [-0.05, 0) is 104 Å².